The van der Waals surface area contributed by atoms with Crippen LogP contribution in [0.2, 0.25) is 5.02 Å². The van der Waals surface area contributed by atoms with Crippen molar-refractivity contribution in [3.8, 4) is 0 Å². The average molecular weight is 441 g/mol. The molecule has 0 saturated carbocycles. The van der Waals surface area contributed by atoms with E-state index in [1.165, 1.54) is 17.3 Å². The molecule has 4 nitrogen and oxygen atoms in total. The molecule has 0 unspecified atom stereocenters. The fourth-order valence-electron chi connectivity index (χ4n) is 4.09. The van der Waals surface area contributed by atoms with E-state index < -0.39 is 0 Å². The summed E-state index contributed by atoms with van der Waals surface area (Å²) in [5, 5.41) is 1.53. The predicted molar refractivity (Wildman–Crippen MR) is 124 cm³/mol. The van der Waals surface area contributed by atoms with Crippen LogP contribution in [0.3, 0.4) is 0 Å². The monoisotopic (exact) mass is 440 g/mol. The molecular formula is C24H25ClN2O2S. The number of aryl methyl sites for hydroxylation is 1. The fourth-order valence-corrected chi connectivity index (χ4v) is 5.22. The number of carbonyl (C=O) groups excluding carboxylic acids is 1. The Morgan fingerprint density at radius 3 is 2.57 bits per heavy atom. The van der Waals surface area contributed by atoms with Crippen molar-refractivity contribution in [1.82, 2.24) is 9.47 Å². The van der Waals surface area contributed by atoms with Crippen molar-refractivity contribution >= 4 is 40.2 Å². The summed E-state index contributed by atoms with van der Waals surface area (Å²) in [6.45, 7) is 1.61. The molecule has 30 heavy (non-hydrogen) atoms. The number of rotatable bonds is 5. The Balaban J connectivity index is 1.37. The third-order valence-corrected chi connectivity index (χ3v) is 7.13. The van der Waals surface area contributed by atoms with Crippen LogP contribution < -0.4 is 5.56 Å². The molecule has 1 fully saturated rings. The molecule has 0 spiro atoms. The van der Waals surface area contributed by atoms with Crippen LogP contribution >= 0.6 is 23.4 Å². The lowest BCUT2D eigenvalue weighted by Crippen LogP contribution is -2.39. The van der Waals surface area contributed by atoms with E-state index in [4.69, 9.17) is 11.6 Å². The third kappa shape index (κ3) is 4.73. The highest BCUT2D eigenvalue weighted by Gasteiger charge is 2.23. The van der Waals surface area contributed by atoms with Gasteiger partial charge in [-0.15, -0.1) is 11.8 Å². The van der Waals surface area contributed by atoms with Gasteiger partial charge in [-0.2, -0.15) is 0 Å². The lowest BCUT2D eigenvalue weighted by atomic mass is 9.90. The van der Waals surface area contributed by atoms with E-state index in [2.05, 4.69) is 24.3 Å². The SMILES string of the molecule is Cn1c(=O)cc(SCC(=O)N2CCC(Cc3ccccc3)CC2)c2cc(Cl)ccc21. The highest BCUT2D eigenvalue weighted by molar-refractivity contribution is 8.00. The van der Waals surface area contributed by atoms with Gasteiger partial charge in [-0.3, -0.25) is 9.59 Å². The molecule has 4 rings (SSSR count). The molecule has 2 aromatic carbocycles. The Morgan fingerprint density at radius 2 is 1.83 bits per heavy atom. The number of halogens is 1. The van der Waals surface area contributed by atoms with Crippen LogP contribution in [0, 0.1) is 5.92 Å². The van der Waals surface area contributed by atoms with Crippen molar-refractivity contribution in [2.24, 2.45) is 13.0 Å². The zero-order valence-electron chi connectivity index (χ0n) is 17.0. The van der Waals surface area contributed by atoms with Gasteiger partial charge >= 0.3 is 0 Å². The average Bonchev–Trinajstić information content (AvgIpc) is 2.76. The number of amides is 1. The molecule has 0 aliphatic carbocycles. The molecule has 6 heteroatoms. The van der Waals surface area contributed by atoms with E-state index in [1.807, 2.05) is 23.1 Å². The second-order valence-electron chi connectivity index (χ2n) is 7.87. The maximum atomic E-state index is 12.8. The number of nitrogens with zero attached hydrogens (tertiary/aromatic N) is 2. The minimum absolute atomic E-state index is 0.0819. The Hall–Kier alpha value is -2.24. The van der Waals surface area contributed by atoms with E-state index in [1.54, 1.807) is 23.7 Å². The fraction of sp³-hybridized carbons (Fsp3) is 0.333. The number of fused-ring (bicyclic) bond motifs is 1. The number of piperidine rings is 1. The van der Waals surface area contributed by atoms with Gasteiger partial charge in [0.1, 0.15) is 0 Å². The highest BCUT2D eigenvalue weighted by atomic mass is 35.5. The van der Waals surface area contributed by atoms with Gasteiger partial charge in [0.25, 0.3) is 5.56 Å². The first-order chi connectivity index (χ1) is 14.5. The topological polar surface area (TPSA) is 42.3 Å². The Labute approximate surface area is 185 Å². The summed E-state index contributed by atoms with van der Waals surface area (Å²) < 4.78 is 1.61. The van der Waals surface area contributed by atoms with Gasteiger partial charge in [0, 0.05) is 41.5 Å². The molecule has 0 atom stereocenters. The van der Waals surface area contributed by atoms with E-state index in [-0.39, 0.29) is 11.5 Å². The van der Waals surface area contributed by atoms with Crippen LogP contribution in [0.4, 0.5) is 0 Å². The second-order valence-corrected chi connectivity index (χ2v) is 9.32. The number of carbonyl (C=O) groups is 1. The van der Waals surface area contributed by atoms with Crippen LogP contribution in [0.25, 0.3) is 10.9 Å². The van der Waals surface area contributed by atoms with E-state index in [0.717, 1.165) is 48.2 Å². The Bertz CT molecular complexity index is 1110. The molecule has 1 amide bonds. The Kier molecular flexibility index (Phi) is 6.49. The standard InChI is InChI=1S/C24H25ClN2O2S/c1-26-21-8-7-19(25)14-20(21)22(15-23(26)28)30-16-24(29)27-11-9-18(10-12-27)13-17-5-3-2-4-6-17/h2-8,14-15,18H,9-13,16H2,1H3. The summed E-state index contributed by atoms with van der Waals surface area (Å²) in [7, 11) is 1.75. The minimum Gasteiger partial charge on any atom is -0.342 e. The normalized spacial score (nSPS) is 14.9. The molecular weight excluding hydrogens is 416 g/mol. The van der Waals surface area contributed by atoms with Crippen LogP contribution in [0.15, 0.2) is 64.3 Å². The van der Waals surface area contributed by atoms with Gasteiger partial charge in [-0.25, -0.2) is 0 Å². The lowest BCUT2D eigenvalue weighted by molar-refractivity contribution is -0.129. The van der Waals surface area contributed by atoms with Crippen LogP contribution in [0.5, 0.6) is 0 Å². The van der Waals surface area contributed by atoms with E-state index in [9.17, 15) is 9.59 Å². The van der Waals surface area contributed by atoms with Gasteiger partial charge in [-0.1, -0.05) is 41.9 Å². The molecule has 1 aliphatic rings. The summed E-state index contributed by atoms with van der Waals surface area (Å²) in [5.41, 5.74) is 2.11. The van der Waals surface area contributed by atoms with Crippen molar-refractivity contribution in [2.45, 2.75) is 24.2 Å². The van der Waals surface area contributed by atoms with Crippen molar-refractivity contribution < 1.29 is 4.79 Å². The number of aromatic nitrogens is 1. The number of benzene rings is 2. The number of pyridine rings is 1. The lowest BCUT2D eigenvalue weighted by Gasteiger charge is -2.32. The van der Waals surface area contributed by atoms with E-state index in [0.29, 0.717) is 16.7 Å². The highest BCUT2D eigenvalue weighted by Crippen LogP contribution is 2.29. The van der Waals surface area contributed by atoms with Gasteiger partial charge in [0.05, 0.1) is 11.3 Å². The first kappa shape index (κ1) is 21.0. The molecule has 0 bridgehead atoms. The number of hydrogen-bond acceptors (Lipinski definition) is 3. The maximum Gasteiger partial charge on any atom is 0.251 e. The number of thioether (sulfide) groups is 1. The molecule has 0 radical (unpaired) electrons. The summed E-state index contributed by atoms with van der Waals surface area (Å²) in [6, 6.07) is 17.6. The van der Waals surface area contributed by atoms with Crippen LogP contribution in [-0.4, -0.2) is 34.2 Å². The third-order valence-electron chi connectivity index (χ3n) is 5.86. The first-order valence-electron chi connectivity index (χ1n) is 10.2. The van der Waals surface area contributed by atoms with Gasteiger partial charge in [0.15, 0.2) is 0 Å². The smallest absolute Gasteiger partial charge is 0.251 e. The van der Waals surface area contributed by atoms with Crippen molar-refractivity contribution in [1.29, 1.82) is 0 Å². The van der Waals surface area contributed by atoms with Gasteiger partial charge in [-0.05, 0) is 48.9 Å². The quantitative estimate of drug-likeness (QED) is 0.537. The molecule has 1 aliphatic heterocycles. The van der Waals surface area contributed by atoms with Crippen molar-refractivity contribution in [2.75, 3.05) is 18.8 Å². The van der Waals surface area contributed by atoms with Crippen LogP contribution in [-0.2, 0) is 18.3 Å². The number of likely N-dealkylation sites (tertiary alicyclic amines) is 1. The molecule has 2 heterocycles. The predicted octanol–water partition coefficient (Wildman–Crippen LogP) is 4.77. The number of hydrogen-bond donors (Lipinski definition) is 0. The Morgan fingerprint density at radius 1 is 1.10 bits per heavy atom. The maximum absolute atomic E-state index is 12.8. The molecule has 156 valence electrons. The minimum atomic E-state index is -0.0819. The first-order valence-corrected chi connectivity index (χ1v) is 11.6. The summed E-state index contributed by atoms with van der Waals surface area (Å²) >= 11 is 7.59. The molecule has 1 saturated heterocycles. The van der Waals surface area contributed by atoms with Gasteiger partial charge < -0.3 is 9.47 Å². The summed E-state index contributed by atoms with van der Waals surface area (Å²) in [6.07, 6.45) is 3.16. The van der Waals surface area contributed by atoms with E-state index >= 15 is 0 Å². The largest absolute Gasteiger partial charge is 0.342 e. The zero-order valence-corrected chi connectivity index (χ0v) is 18.6. The van der Waals surface area contributed by atoms with Crippen molar-refractivity contribution in [3.63, 3.8) is 0 Å². The van der Waals surface area contributed by atoms with Gasteiger partial charge in [0.2, 0.25) is 5.91 Å². The summed E-state index contributed by atoms with van der Waals surface area (Å²) in [5.74, 6) is 1.10. The summed E-state index contributed by atoms with van der Waals surface area (Å²) in [4.78, 5) is 27.9. The molecule has 1 aromatic heterocycles. The molecule has 3 aromatic rings. The zero-order chi connectivity index (χ0) is 21.1. The van der Waals surface area contributed by atoms with Crippen molar-refractivity contribution in [3.05, 3.63) is 75.5 Å². The van der Waals surface area contributed by atoms with Crippen LogP contribution in [0.1, 0.15) is 18.4 Å². The molecule has 0 N–H and O–H groups in total. The second kappa shape index (κ2) is 9.27.